The van der Waals surface area contributed by atoms with E-state index in [0.29, 0.717) is 11.3 Å². The second-order valence-electron chi connectivity index (χ2n) is 5.71. The zero-order valence-electron chi connectivity index (χ0n) is 13.4. The van der Waals surface area contributed by atoms with Crippen LogP contribution in [0.1, 0.15) is 11.1 Å². The summed E-state index contributed by atoms with van der Waals surface area (Å²) in [6.07, 6.45) is 0. The second kappa shape index (κ2) is 7.95. The van der Waals surface area contributed by atoms with Crippen molar-refractivity contribution in [1.29, 1.82) is 5.26 Å². The summed E-state index contributed by atoms with van der Waals surface area (Å²) in [5.41, 5.74) is 1.92. The van der Waals surface area contributed by atoms with E-state index in [2.05, 4.69) is 27.8 Å². The number of benzene rings is 1. The van der Waals surface area contributed by atoms with Crippen LogP contribution in [-0.2, 0) is 11.3 Å². The highest BCUT2D eigenvalue weighted by atomic mass is 32.1. The summed E-state index contributed by atoms with van der Waals surface area (Å²) in [7, 11) is 0. The van der Waals surface area contributed by atoms with Crippen LogP contribution in [0.25, 0.3) is 0 Å². The van der Waals surface area contributed by atoms with Crippen LogP contribution < -0.4 is 4.74 Å². The molecule has 1 aromatic carbocycles. The standard InChI is InChI=1S/C18H19N3O2S/c19-11-15-1-3-17(4-2-15)23-13-18(22)21-8-6-20(7-9-21)12-16-5-10-24-14-16/h1-5,10,14H,6-9,12-13H2. The van der Waals surface area contributed by atoms with Crippen molar-refractivity contribution in [2.75, 3.05) is 32.8 Å². The normalized spacial score (nSPS) is 15.0. The summed E-state index contributed by atoms with van der Waals surface area (Å²) in [6, 6.07) is 11.0. The molecule has 0 spiro atoms. The molecule has 2 aromatic rings. The lowest BCUT2D eigenvalue weighted by atomic mass is 10.2. The van der Waals surface area contributed by atoms with Gasteiger partial charge >= 0.3 is 0 Å². The SMILES string of the molecule is N#Cc1ccc(OCC(=O)N2CCN(Cc3ccsc3)CC2)cc1. The Bertz CT molecular complexity index is 699. The van der Waals surface area contributed by atoms with Crippen LogP contribution in [0.2, 0.25) is 0 Å². The van der Waals surface area contributed by atoms with Gasteiger partial charge in [0.05, 0.1) is 11.6 Å². The monoisotopic (exact) mass is 341 g/mol. The minimum atomic E-state index is 0.00884. The Kier molecular flexibility index (Phi) is 5.47. The van der Waals surface area contributed by atoms with Crippen LogP contribution in [0.15, 0.2) is 41.1 Å². The molecule has 6 heteroatoms. The molecule has 1 aromatic heterocycles. The van der Waals surface area contributed by atoms with E-state index < -0.39 is 0 Å². The first-order valence-corrected chi connectivity index (χ1v) is 8.83. The summed E-state index contributed by atoms with van der Waals surface area (Å²) in [5.74, 6) is 0.619. The molecule has 1 aliphatic rings. The van der Waals surface area contributed by atoms with Crippen molar-refractivity contribution in [3.63, 3.8) is 0 Å². The lowest BCUT2D eigenvalue weighted by Crippen LogP contribution is -2.49. The molecule has 124 valence electrons. The van der Waals surface area contributed by atoms with Gasteiger partial charge in [-0.1, -0.05) is 0 Å². The molecule has 0 radical (unpaired) electrons. The Balaban J connectivity index is 1.42. The molecule has 2 heterocycles. The Labute approximate surface area is 145 Å². The highest BCUT2D eigenvalue weighted by Gasteiger charge is 2.21. The van der Waals surface area contributed by atoms with Crippen molar-refractivity contribution in [2.45, 2.75) is 6.54 Å². The summed E-state index contributed by atoms with van der Waals surface area (Å²) >= 11 is 1.71. The lowest BCUT2D eigenvalue weighted by molar-refractivity contribution is -0.135. The van der Waals surface area contributed by atoms with Gasteiger partial charge in [-0.15, -0.1) is 0 Å². The number of thiophene rings is 1. The van der Waals surface area contributed by atoms with Crippen molar-refractivity contribution < 1.29 is 9.53 Å². The Morgan fingerprint density at radius 3 is 2.54 bits per heavy atom. The minimum Gasteiger partial charge on any atom is -0.484 e. The maximum absolute atomic E-state index is 12.2. The Morgan fingerprint density at radius 2 is 1.92 bits per heavy atom. The van der Waals surface area contributed by atoms with E-state index in [4.69, 9.17) is 10.00 Å². The number of carbonyl (C=O) groups excluding carboxylic acids is 1. The van der Waals surface area contributed by atoms with Crippen molar-refractivity contribution >= 4 is 17.2 Å². The largest absolute Gasteiger partial charge is 0.484 e. The number of amides is 1. The van der Waals surface area contributed by atoms with Gasteiger partial charge in [0.2, 0.25) is 0 Å². The molecule has 1 aliphatic heterocycles. The molecule has 1 saturated heterocycles. The number of nitrogens with zero attached hydrogens (tertiary/aromatic N) is 3. The van der Waals surface area contributed by atoms with Crippen molar-refractivity contribution in [3.05, 3.63) is 52.2 Å². The van der Waals surface area contributed by atoms with E-state index in [0.717, 1.165) is 32.7 Å². The smallest absolute Gasteiger partial charge is 0.260 e. The summed E-state index contributed by atoms with van der Waals surface area (Å²) in [6.45, 7) is 4.24. The van der Waals surface area contributed by atoms with Gasteiger partial charge in [-0.25, -0.2) is 0 Å². The molecule has 5 nitrogen and oxygen atoms in total. The third-order valence-electron chi connectivity index (χ3n) is 4.06. The molecular weight excluding hydrogens is 322 g/mol. The maximum atomic E-state index is 12.2. The zero-order valence-corrected chi connectivity index (χ0v) is 14.2. The van der Waals surface area contributed by atoms with Gasteiger partial charge in [0.15, 0.2) is 6.61 Å². The number of ether oxygens (including phenoxy) is 1. The van der Waals surface area contributed by atoms with Crippen LogP contribution >= 0.6 is 11.3 Å². The van der Waals surface area contributed by atoms with Gasteiger partial charge in [0, 0.05) is 32.7 Å². The molecule has 24 heavy (non-hydrogen) atoms. The van der Waals surface area contributed by atoms with E-state index in [1.807, 2.05) is 4.90 Å². The fourth-order valence-corrected chi connectivity index (χ4v) is 3.32. The minimum absolute atomic E-state index is 0.00884. The molecule has 1 fully saturated rings. The average molecular weight is 341 g/mol. The average Bonchev–Trinajstić information content (AvgIpc) is 3.14. The van der Waals surface area contributed by atoms with Gasteiger partial charge in [-0.3, -0.25) is 9.69 Å². The molecule has 3 rings (SSSR count). The van der Waals surface area contributed by atoms with E-state index in [-0.39, 0.29) is 12.5 Å². The third-order valence-corrected chi connectivity index (χ3v) is 4.79. The number of carbonyl (C=O) groups is 1. The first kappa shape index (κ1) is 16.5. The molecule has 0 saturated carbocycles. The van der Waals surface area contributed by atoms with Gasteiger partial charge in [-0.2, -0.15) is 16.6 Å². The van der Waals surface area contributed by atoms with E-state index in [1.165, 1.54) is 5.56 Å². The van der Waals surface area contributed by atoms with Crippen LogP contribution in [0.3, 0.4) is 0 Å². The van der Waals surface area contributed by atoms with Gasteiger partial charge in [0.25, 0.3) is 5.91 Å². The maximum Gasteiger partial charge on any atom is 0.260 e. The fourth-order valence-electron chi connectivity index (χ4n) is 2.66. The van der Waals surface area contributed by atoms with E-state index >= 15 is 0 Å². The van der Waals surface area contributed by atoms with Crippen LogP contribution in [0.5, 0.6) is 5.75 Å². The van der Waals surface area contributed by atoms with Gasteiger partial charge < -0.3 is 9.64 Å². The number of nitriles is 1. The van der Waals surface area contributed by atoms with E-state index in [9.17, 15) is 4.79 Å². The summed E-state index contributed by atoms with van der Waals surface area (Å²) in [4.78, 5) is 16.5. The number of hydrogen-bond acceptors (Lipinski definition) is 5. The van der Waals surface area contributed by atoms with Crippen LogP contribution in [-0.4, -0.2) is 48.5 Å². The lowest BCUT2D eigenvalue weighted by Gasteiger charge is -2.34. The van der Waals surface area contributed by atoms with E-state index in [1.54, 1.807) is 35.6 Å². The number of rotatable bonds is 5. The van der Waals surface area contributed by atoms with Gasteiger partial charge in [-0.05, 0) is 46.7 Å². The first-order chi connectivity index (χ1) is 11.7. The number of piperazine rings is 1. The summed E-state index contributed by atoms with van der Waals surface area (Å²) in [5, 5.41) is 13.0. The van der Waals surface area contributed by atoms with Crippen LogP contribution in [0.4, 0.5) is 0 Å². The molecule has 1 amide bonds. The quantitative estimate of drug-likeness (QED) is 0.838. The van der Waals surface area contributed by atoms with Crippen LogP contribution in [0, 0.1) is 11.3 Å². The van der Waals surface area contributed by atoms with Crippen molar-refractivity contribution in [2.24, 2.45) is 0 Å². The van der Waals surface area contributed by atoms with Gasteiger partial charge in [0.1, 0.15) is 5.75 Å². The molecule has 0 aliphatic carbocycles. The van der Waals surface area contributed by atoms with Crippen molar-refractivity contribution in [3.8, 4) is 11.8 Å². The molecular formula is C18H19N3O2S. The number of hydrogen-bond donors (Lipinski definition) is 0. The molecule has 0 bridgehead atoms. The summed E-state index contributed by atoms with van der Waals surface area (Å²) < 4.78 is 5.52. The third kappa shape index (κ3) is 4.34. The predicted octanol–water partition coefficient (Wildman–Crippen LogP) is 2.34. The predicted molar refractivity (Wildman–Crippen MR) is 92.8 cm³/mol. The Hall–Kier alpha value is -2.36. The highest BCUT2D eigenvalue weighted by molar-refractivity contribution is 7.07. The second-order valence-corrected chi connectivity index (χ2v) is 6.49. The zero-order chi connectivity index (χ0) is 16.8. The highest BCUT2D eigenvalue weighted by Crippen LogP contribution is 2.13. The topological polar surface area (TPSA) is 56.6 Å². The Morgan fingerprint density at radius 1 is 1.17 bits per heavy atom. The molecule has 0 unspecified atom stereocenters. The molecule has 0 atom stereocenters. The molecule has 0 N–H and O–H groups in total. The fraction of sp³-hybridized carbons (Fsp3) is 0.333. The first-order valence-electron chi connectivity index (χ1n) is 7.89. The van der Waals surface area contributed by atoms with Crippen molar-refractivity contribution in [1.82, 2.24) is 9.80 Å².